The number of nitrogens with zero attached hydrogens (tertiary/aromatic N) is 1. The van der Waals surface area contributed by atoms with E-state index >= 15 is 0 Å². The first kappa shape index (κ1) is 10.9. The number of thiophene rings is 1. The van der Waals surface area contributed by atoms with Crippen molar-refractivity contribution in [3.63, 3.8) is 0 Å². The van der Waals surface area contributed by atoms with Crippen molar-refractivity contribution in [1.29, 1.82) is 0 Å². The molecule has 2 rings (SSSR count). The van der Waals surface area contributed by atoms with E-state index in [1.165, 1.54) is 24.6 Å². The molecule has 0 aromatic carbocycles. The fraction of sp³-hybridized carbons (Fsp3) is 0.111. The maximum atomic E-state index is 11.3. The number of halogens is 2. The van der Waals surface area contributed by atoms with Crippen LogP contribution in [0.15, 0.2) is 16.0 Å². The molecular weight excluding hydrogens is 302 g/mol. The summed E-state index contributed by atoms with van der Waals surface area (Å²) in [5, 5.41) is 1.14. The third-order valence-corrected chi connectivity index (χ3v) is 3.82. The van der Waals surface area contributed by atoms with Crippen LogP contribution in [0.5, 0.6) is 0 Å². The fourth-order valence-corrected chi connectivity index (χ4v) is 2.94. The lowest BCUT2D eigenvalue weighted by molar-refractivity contribution is 0.0600. The van der Waals surface area contributed by atoms with E-state index in [0.717, 1.165) is 14.0 Å². The number of esters is 1. The summed E-state index contributed by atoms with van der Waals surface area (Å²) in [4.78, 5) is 16.3. The fourth-order valence-electron chi connectivity index (χ4n) is 1.18. The zero-order chi connectivity index (χ0) is 11.0. The molecule has 2 aromatic heterocycles. The molecule has 6 heteroatoms. The average molecular weight is 307 g/mol. The Hall–Kier alpha value is -0.650. The van der Waals surface area contributed by atoms with Gasteiger partial charge in [-0.05, 0) is 22.0 Å². The lowest BCUT2D eigenvalue weighted by Gasteiger charge is -2.01. The summed E-state index contributed by atoms with van der Waals surface area (Å²) < 4.78 is 5.53. The van der Waals surface area contributed by atoms with E-state index in [2.05, 4.69) is 25.7 Å². The van der Waals surface area contributed by atoms with Crippen LogP contribution >= 0.6 is 38.9 Å². The van der Waals surface area contributed by atoms with Gasteiger partial charge in [-0.2, -0.15) is 0 Å². The van der Waals surface area contributed by atoms with Crippen LogP contribution in [0.4, 0.5) is 0 Å². The van der Waals surface area contributed by atoms with Crippen molar-refractivity contribution < 1.29 is 9.53 Å². The number of ether oxygens (including phenoxy) is 1. The van der Waals surface area contributed by atoms with Crippen molar-refractivity contribution in [2.45, 2.75) is 0 Å². The van der Waals surface area contributed by atoms with E-state index in [-0.39, 0.29) is 5.56 Å². The highest BCUT2D eigenvalue weighted by molar-refractivity contribution is 9.11. The normalized spacial score (nSPS) is 10.6. The van der Waals surface area contributed by atoms with Gasteiger partial charge in [-0.25, -0.2) is 9.78 Å². The first-order valence-corrected chi connectivity index (χ1v) is 5.94. The monoisotopic (exact) mass is 305 g/mol. The summed E-state index contributed by atoms with van der Waals surface area (Å²) >= 11 is 10.9. The van der Waals surface area contributed by atoms with Gasteiger partial charge in [0, 0.05) is 11.6 Å². The lowest BCUT2D eigenvalue weighted by Crippen LogP contribution is -2.02. The predicted octanol–water partition coefficient (Wildman–Crippen LogP) is 3.50. The molecular formula is C9H5BrClNO2S. The summed E-state index contributed by atoms with van der Waals surface area (Å²) in [5.74, 6) is -0.475. The van der Waals surface area contributed by atoms with E-state index in [9.17, 15) is 4.79 Å². The Bertz CT molecular complexity index is 540. The third kappa shape index (κ3) is 1.87. The topological polar surface area (TPSA) is 39.2 Å². The number of pyridine rings is 1. The number of carbonyl (C=O) groups excluding carboxylic acids is 1. The maximum absolute atomic E-state index is 11.3. The molecule has 3 nitrogen and oxygen atoms in total. The van der Waals surface area contributed by atoms with Crippen molar-refractivity contribution in [2.24, 2.45) is 0 Å². The van der Waals surface area contributed by atoms with Gasteiger partial charge < -0.3 is 4.74 Å². The number of aromatic nitrogens is 1. The van der Waals surface area contributed by atoms with Crippen LogP contribution in [-0.4, -0.2) is 18.1 Å². The third-order valence-electron chi connectivity index (χ3n) is 1.87. The number of rotatable bonds is 1. The van der Waals surface area contributed by atoms with Crippen LogP contribution in [0.1, 0.15) is 10.4 Å². The smallest absolute Gasteiger partial charge is 0.340 e. The summed E-state index contributed by atoms with van der Waals surface area (Å²) in [7, 11) is 1.31. The van der Waals surface area contributed by atoms with Gasteiger partial charge in [0.1, 0.15) is 4.83 Å². The minimum absolute atomic E-state index is 0.289. The summed E-state index contributed by atoms with van der Waals surface area (Å²) in [5.41, 5.74) is 0.289. The van der Waals surface area contributed by atoms with Gasteiger partial charge in [-0.3, -0.25) is 0 Å². The Labute approximate surface area is 103 Å². The first-order valence-electron chi connectivity index (χ1n) is 3.95. The van der Waals surface area contributed by atoms with Gasteiger partial charge >= 0.3 is 5.97 Å². The van der Waals surface area contributed by atoms with Gasteiger partial charge in [0.2, 0.25) is 0 Å². The molecule has 0 radical (unpaired) electrons. The number of fused-ring (bicyclic) bond motifs is 1. The highest BCUT2D eigenvalue weighted by atomic mass is 79.9. The molecule has 0 saturated heterocycles. The molecule has 0 bridgehead atoms. The molecule has 0 atom stereocenters. The van der Waals surface area contributed by atoms with Crippen molar-refractivity contribution in [3.8, 4) is 0 Å². The van der Waals surface area contributed by atoms with E-state index in [4.69, 9.17) is 11.6 Å². The van der Waals surface area contributed by atoms with Gasteiger partial charge in [-0.1, -0.05) is 11.6 Å². The standard InChI is InChI=1S/C9H5BrClNO2S/c1-14-9(13)5-3-12-8-4(7(5)11)2-6(10)15-8/h2-3H,1H3. The highest BCUT2D eigenvalue weighted by Gasteiger charge is 2.15. The molecule has 0 aliphatic rings. The van der Waals surface area contributed by atoms with Crippen molar-refractivity contribution in [2.75, 3.05) is 7.11 Å². The van der Waals surface area contributed by atoms with Gasteiger partial charge in [0.25, 0.3) is 0 Å². The molecule has 0 saturated carbocycles. The largest absolute Gasteiger partial charge is 0.465 e. The molecule has 0 N–H and O–H groups in total. The zero-order valence-corrected chi connectivity index (χ0v) is 10.7. The summed E-state index contributed by atoms with van der Waals surface area (Å²) in [6, 6.07) is 1.84. The lowest BCUT2D eigenvalue weighted by atomic mass is 10.2. The number of carbonyl (C=O) groups is 1. The van der Waals surface area contributed by atoms with Crippen LogP contribution < -0.4 is 0 Å². The van der Waals surface area contributed by atoms with Gasteiger partial charge in [0.05, 0.1) is 21.5 Å². The molecule has 15 heavy (non-hydrogen) atoms. The van der Waals surface area contributed by atoms with E-state index in [1.807, 2.05) is 6.07 Å². The van der Waals surface area contributed by atoms with Crippen molar-refractivity contribution in [3.05, 3.63) is 26.6 Å². The van der Waals surface area contributed by atoms with Crippen LogP contribution in [0.3, 0.4) is 0 Å². The van der Waals surface area contributed by atoms with Crippen molar-refractivity contribution >= 4 is 55.1 Å². The van der Waals surface area contributed by atoms with Gasteiger partial charge in [0.15, 0.2) is 0 Å². The van der Waals surface area contributed by atoms with Crippen LogP contribution in [0.25, 0.3) is 10.2 Å². The molecule has 0 aliphatic carbocycles. The quantitative estimate of drug-likeness (QED) is 0.757. The second-order valence-corrected chi connectivity index (χ2v) is 5.53. The Morgan fingerprint density at radius 3 is 3.07 bits per heavy atom. The zero-order valence-electron chi connectivity index (χ0n) is 7.58. The average Bonchev–Trinajstić information content (AvgIpc) is 2.59. The second-order valence-electron chi connectivity index (χ2n) is 2.75. The SMILES string of the molecule is COC(=O)c1cnc2sc(Br)cc2c1Cl. The van der Waals surface area contributed by atoms with E-state index < -0.39 is 5.97 Å². The Morgan fingerprint density at radius 2 is 2.40 bits per heavy atom. The van der Waals surface area contributed by atoms with Crippen LogP contribution in [0, 0.1) is 0 Å². The number of methoxy groups -OCH3 is 1. The second kappa shape index (κ2) is 4.08. The first-order chi connectivity index (χ1) is 7.13. The molecule has 2 aromatic rings. The number of hydrogen-bond donors (Lipinski definition) is 0. The van der Waals surface area contributed by atoms with E-state index in [0.29, 0.717) is 5.02 Å². The molecule has 0 fully saturated rings. The maximum Gasteiger partial charge on any atom is 0.340 e. The van der Waals surface area contributed by atoms with Crippen molar-refractivity contribution in [1.82, 2.24) is 4.98 Å². The Kier molecular flexibility index (Phi) is 2.95. The van der Waals surface area contributed by atoms with Crippen LogP contribution in [0.2, 0.25) is 5.02 Å². The molecule has 0 spiro atoms. The van der Waals surface area contributed by atoms with E-state index in [1.54, 1.807) is 0 Å². The Balaban J connectivity index is 2.69. The predicted molar refractivity (Wildman–Crippen MR) is 63.7 cm³/mol. The molecule has 78 valence electrons. The molecule has 0 aliphatic heterocycles. The summed E-state index contributed by atoms with van der Waals surface area (Å²) in [6.45, 7) is 0. The Morgan fingerprint density at radius 1 is 1.67 bits per heavy atom. The number of hydrogen-bond acceptors (Lipinski definition) is 4. The summed E-state index contributed by atoms with van der Waals surface area (Å²) in [6.07, 6.45) is 1.43. The minimum atomic E-state index is -0.475. The molecule has 0 amide bonds. The highest BCUT2D eigenvalue weighted by Crippen LogP contribution is 2.34. The minimum Gasteiger partial charge on any atom is -0.465 e. The van der Waals surface area contributed by atoms with Crippen LogP contribution in [-0.2, 0) is 4.74 Å². The molecule has 0 unspecified atom stereocenters. The molecule has 2 heterocycles. The van der Waals surface area contributed by atoms with Gasteiger partial charge in [-0.15, -0.1) is 11.3 Å².